The van der Waals surface area contributed by atoms with E-state index in [2.05, 4.69) is 4.74 Å². The Morgan fingerprint density at radius 3 is 2.50 bits per heavy atom. The number of hydrogen-bond acceptors (Lipinski definition) is 4. The van der Waals surface area contributed by atoms with Crippen LogP contribution in [0.25, 0.3) is 0 Å². The third-order valence-corrected chi connectivity index (χ3v) is 2.02. The molecule has 0 aliphatic heterocycles. The fraction of sp³-hybridized carbons (Fsp3) is 0.300. The standard InChI is InChI=1S/C10H8F3NO4/c1-2-18-9(15)6-4-3-5-7(10(11,12)13)8(6)14(16)17/h3-5H,2H2,1H3. The van der Waals surface area contributed by atoms with Crippen LogP contribution in [0.2, 0.25) is 0 Å². The van der Waals surface area contributed by atoms with Gasteiger partial charge in [0.1, 0.15) is 11.1 Å². The molecule has 0 aliphatic carbocycles. The molecule has 18 heavy (non-hydrogen) atoms. The van der Waals surface area contributed by atoms with E-state index < -0.39 is 33.9 Å². The topological polar surface area (TPSA) is 69.4 Å². The van der Waals surface area contributed by atoms with Crippen molar-refractivity contribution in [3.8, 4) is 0 Å². The van der Waals surface area contributed by atoms with Gasteiger partial charge in [0.2, 0.25) is 0 Å². The smallest absolute Gasteiger partial charge is 0.423 e. The Morgan fingerprint density at radius 2 is 2.06 bits per heavy atom. The monoisotopic (exact) mass is 263 g/mol. The number of nitro benzene ring substituents is 1. The molecule has 0 unspecified atom stereocenters. The average molecular weight is 263 g/mol. The molecule has 0 aliphatic rings. The van der Waals surface area contributed by atoms with E-state index in [1.807, 2.05) is 0 Å². The summed E-state index contributed by atoms with van der Waals surface area (Å²) in [5, 5.41) is 10.7. The van der Waals surface area contributed by atoms with Crippen LogP contribution in [-0.2, 0) is 10.9 Å². The van der Waals surface area contributed by atoms with Gasteiger partial charge in [-0.2, -0.15) is 13.2 Å². The van der Waals surface area contributed by atoms with E-state index in [4.69, 9.17) is 0 Å². The second-order valence-corrected chi connectivity index (χ2v) is 3.18. The number of esters is 1. The second kappa shape index (κ2) is 5.03. The van der Waals surface area contributed by atoms with Crippen molar-refractivity contribution in [1.29, 1.82) is 0 Å². The van der Waals surface area contributed by atoms with Crippen LogP contribution in [0.1, 0.15) is 22.8 Å². The predicted octanol–water partition coefficient (Wildman–Crippen LogP) is 2.79. The number of carbonyl (C=O) groups excluding carboxylic acids is 1. The maximum absolute atomic E-state index is 12.6. The zero-order valence-corrected chi connectivity index (χ0v) is 9.15. The van der Waals surface area contributed by atoms with E-state index in [0.717, 1.165) is 12.1 Å². The lowest BCUT2D eigenvalue weighted by atomic mass is 10.1. The van der Waals surface area contributed by atoms with E-state index in [0.29, 0.717) is 6.07 Å². The molecule has 0 amide bonds. The van der Waals surface area contributed by atoms with Crippen molar-refractivity contribution in [3.63, 3.8) is 0 Å². The van der Waals surface area contributed by atoms with E-state index in [9.17, 15) is 28.1 Å². The molecule has 1 aromatic carbocycles. The van der Waals surface area contributed by atoms with Gasteiger partial charge in [0.05, 0.1) is 11.5 Å². The van der Waals surface area contributed by atoms with E-state index >= 15 is 0 Å². The van der Waals surface area contributed by atoms with Gasteiger partial charge in [-0.3, -0.25) is 10.1 Å². The van der Waals surface area contributed by atoms with Crippen LogP contribution in [-0.4, -0.2) is 17.5 Å². The average Bonchev–Trinajstić information content (AvgIpc) is 2.27. The molecule has 0 heterocycles. The number of para-hydroxylation sites is 1. The molecule has 0 saturated heterocycles. The highest BCUT2D eigenvalue weighted by molar-refractivity contribution is 5.94. The summed E-state index contributed by atoms with van der Waals surface area (Å²) in [6.45, 7) is 1.35. The number of alkyl halides is 3. The minimum atomic E-state index is -4.91. The summed E-state index contributed by atoms with van der Waals surface area (Å²) in [4.78, 5) is 20.8. The number of hydrogen-bond donors (Lipinski definition) is 0. The van der Waals surface area contributed by atoms with Crippen LogP contribution in [0.3, 0.4) is 0 Å². The highest BCUT2D eigenvalue weighted by atomic mass is 19.4. The third kappa shape index (κ3) is 2.76. The molecule has 0 N–H and O–H groups in total. The van der Waals surface area contributed by atoms with Crippen molar-refractivity contribution in [2.24, 2.45) is 0 Å². The molecule has 0 spiro atoms. The Morgan fingerprint density at radius 1 is 1.44 bits per heavy atom. The van der Waals surface area contributed by atoms with Gasteiger partial charge in [0, 0.05) is 0 Å². The van der Waals surface area contributed by atoms with Crippen LogP contribution >= 0.6 is 0 Å². The van der Waals surface area contributed by atoms with Gasteiger partial charge in [0.25, 0.3) is 5.69 Å². The number of halogens is 3. The molecule has 0 atom stereocenters. The maximum atomic E-state index is 12.6. The van der Waals surface area contributed by atoms with Crippen molar-refractivity contribution in [2.75, 3.05) is 6.61 Å². The van der Waals surface area contributed by atoms with Gasteiger partial charge in [0.15, 0.2) is 0 Å². The molecule has 0 radical (unpaired) electrons. The number of nitrogens with zero attached hydrogens (tertiary/aromatic N) is 1. The minimum absolute atomic E-state index is 0.0910. The van der Waals surface area contributed by atoms with Crippen molar-refractivity contribution in [2.45, 2.75) is 13.1 Å². The normalized spacial score (nSPS) is 11.1. The van der Waals surface area contributed by atoms with Crippen LogP contribution in [0.4, 0.5) is 18.9 Å². The van der Waals surface area contributed by atoms with Crippen LogP contribution in [0, 0.1) is 10.1 Å². The first-order valence-electron chi connectivity index (χ1n) is 4.80. The molecule has 0 fully saturated rings. The van der Waals surface area contributed by atoms with Crippen molar-refractivity contribution in [1.82, 2.24) is 0 Å². The van der Waals surface area contributed by atoms with Gasteiger partial charge in [-0.1, -0.05) is 6.07 Å². The largest absolute Gasteiger partial charge is 0.462 e. The molecule has 0 bridgehead atoms. The molecule has 98 valence electrons. The Balaban J connectivity index is 3.45. The first-order chi connectivity index (χ1) is 8.29. The zero-order valence-electron chi connectivity index (χ0n) is 9.15. The summed E-state index contributed by atoms with van der Waals surface area (Å²) < 4.78 is 42.2. The molecule has 8 heteroatoms. The van der Waals surface area contributed by atoms with Crippen molar-refractivity contribution < 1.29 is 27.6 Å². The summed E-state index contributed by atoms with van der Waals surface area (Å²) in [5.41, 5.74) is -3.47. The van der Waals surface area contributed by atoms with Crippen molar-refractivity contribution in [3.05, 3.63) is 39.4 Å². The molecular formula is C10H8F3NO4. The lowest BCUT2D eigenvalue weighted by molar-refractivity contribution is -0.388. The van der Waals surface area contributed by atoms with E-state index in [1.165, 1.54) is 6.92 Å². The fourth-order valence-electron chi connectivity index (χ4n) is 1.34. The lowest BCUT2D eigenvalue weighted by Crippen LogP contribution is -2.14. The third-order valence-electron chi connectivity index (χ3n) is 2.02. The first kappa shape index (κ1) is 13.9. The Hall–Kier alpha value is -2.12. The lowest BCUT2D eigenvalue weighted by Gasteiger charge is -2.09. The maximum Gasteiger partial charge on any atom is 0.423 e. The van der Waals surface area contributed by atoms with Gasteiger partial charge >= 0.3 is 12.1 Å². The van der Waals surface area contributed by atoms with Crippen LogP contribution in [0.5, 0.6) is 0 Å². The highest BCUT2D eigenvalue weighted by Gasteiger charge is 2.41. The number of nitro groups is 1. The Bertz CT molecular complexity index is 485. The summed E-state index contributed by atoms with van der Waals surface area (Å²) in [6.07, 6.45) is -4.91. The number of carbonyl (C=O) groups is 1. The van der Waals surface area contributed by atoms with Crippen LogP contribution < -0.4 is 0 Å². The van der Waals surface area contributed by atoms with E-state index in [-0.39, 0.29) is 6.61 Å². The SMILES string of the molecule is CCOC(=O)c1cccc(C(F)(F)F)c1[N+](=O)[O-]. The van der Waals surface area contributed by atoms with Crippen LogP contribution in [0.15, 0.2) is 18.2 Å². The van der Waals surface area contributed by atoms with Gasteiger partial charge < -0.3 is 4.74 Å². The molecule has 0 saturated carbocycles. The predicted molar refractivity (Wildman–Crippen MR) is 54.1 cm³/mol. The molecule has 0 aromatic heterocycles. The Labute approximate surface area is 99.3 Å². The minimum Gasteiger partial charge on any atom is -0.462 e. The highest BCUT2D eigenvalue weighted by Crippen LogP contribution is 2.37. The summed E-state index contributed by atoms with van der Waals surface area (Å²) in [6, 6.07) is 2.38. The summed E-state index contributed by atoms with van der Waals surface area (Å²) >= 11 is 0. The molecular weight excluding hydrogens is 255 g/mol. The molecule has 1 rings (SSSR count). The zero-order chi connectivity index (χ0) is 13.9. The second-order valence-electron chi connectivity index (χ2n) is 3.18. The summed E-state index contributed by atoms with van der Waals surface area (Å²) in [7, 11) is 0. The van der Waals surface area contributed by atoms with Crippen molar-refractivity contribution >= 4 is 11.7 Å². The van der Waals surface area contributed by atoms with Gasteiger partial charge in [-0.15, -0.1) is 0 Å². The summed E-state index contributed by atoms with van der Waals surface area (Å²) in [5.74, 6) is -1.16. The first-order valence-corrected chi connectivity index (χ1v) is 4.80. The Kier molecular flexibility index (Phi) is 3.89. The number of ether oxygens (including phenoxy) is 1. The molecule has 1 aromatic rings. The number of rotatable bonds is 3. The van der Waals surface area contributed by atoms with Gasteiger partial charge in [-0.05, 0) is 19.1 Å². The van der Waals surface area contributed by atoms with E-state index in [1.54, 1.807) is 0 Å². The van der Waals surface area contributed by atoms with Gasteiger partial charge in [-0.25, -0.2) is 4.79 Å². The fourth-order valence-corrected chi connectivity index (χ4v) is 1.34. The molecule has 5 nitrogen and oxygen atoms in total. The quantitative estimate of drug-likeness (QED) is 0.477. The number of benzene rings is 1.